The van der Waals surface area contributed by atoms with E-state index in [1.54, 1.807) is 6.07 Å². The van der Waals surface area contributed by atoms with E-state index in [0.717, 1.165) is 22.2 Å². The van der Waals surface area contributed by atoms with Gasteiger partial charge in [-0.15, -0.1) is 0 Å². The third-order valence-corrected chi connectivity index (χ3v) is 3.37. The van der Waals surface area contributed by atoms with Crippen LogP contribution in [0.15, 0.2) is 54.6 Å². The summed E-state index contributed by atoms with van der Waals surface area (Å²) in [7, 11) is 0. The van der Waals surface area contributed by atoms with Crippen molar-refractivity contribution in [1.29, 1.82) is 5.26 Å². The minimum Gasteiger partial charge on any atom is -1.00 e. The summed E-state index contributed by atoms with van der Waals surface area (Å²) in [6, 6.07) is 19.2. The van der Waals surface area contributed by atoms with E-state index < -0.39 is 0 Å². The van der Waals surface area contributed by atoms with Crippen molar-refractivity contribution >= 4 is 57.7 Å². The summed E-state index contributed by atoms with van der Waals surface area (Å²) >= 11 is 5.99. The Kier molecular flexibility index (Phi) is 5.56. The molecule has 0 aliphatic carbocycles. The molecule has 0 bridgehead atoms. The number of aromatic nitrogens is 1. The normalized spacial score (nSPS) is 10.4. The molecule has 3 aromatic rings. The molecule has 0 saturated heterocycles. The zero-order valence-electron chi connectivity index (χ0n) is 13.8. The van der Waals surface area contributed by atoms with Gasteiger partial charge >= 0.3 is 23.1 Å². The molecule has 0 spiro atoms. The quantitative estimate of drug-likeness (QED) is 0.638. The van der Waals surface area contributed by atoms with Crippen molar-refractivity contribution in [3.8, 4) is 6.07 Å². The molecule has 0 N–H and O–H groups in total. The van der Waals surface area contributed by atoms with Gasteiger partial charge in [-0.05, 0) is 42.0 Å². The van der Waals surface area contributed by atoms with Gasteiger partial charge in [0.1, 0.15) is 0 Å². The van der Waals surface area contributed by atoms with Crippen LogP contribution in [0, 0.1) is 11.3 Å². The van der Waals surface area contributed by atoms with Crippen molar-refractivity contribution in [1.82, 2.24) is 4.98 Å². The van der Waals surface area contributed by atoms with Gasteiger partial charge in [-0.1, -0.05) is 41.9 Å². The van der Waals surface area contributed by atoms with Gasteiger partial charge in [-0.2, -0.15) is 5.26 Å². The van der Waals surface area contributed by atoms with Crippen LogP contribution in [0.3, 0.4) is 0 Å². The summed E-state index contributed by atoms with van der Waals surface area (Å²) in [6.07, 6.45) is 3.87. The maximum absolute atomic E-state index is 8.89. The van der Waals surface area contributed by atoms with Crippen LogP contribution in [0.5, 0.6) is 0 Å². The van der Waals surface area contributed by atoms with Gasteiger partial charge in [0.25, 0.3) is 0 Å². The van der Waals surface area contributed by atoms with Crippen molar-refractivity contribution in [2.45, 2.75) is 0 Å². The second kappa shape index (κ2) is 7.41. The first kappa shape index (κ1) is 16.5. The number of hydrogen-bond acceptors (Lipinski definition) is 2. The Morgan fingerprint density at radius 1 is 1.05 bits per heavy atom. The van der Waals surface area contributed by atoms with Crippen molar-refractivity contribution in [3.63, 3.8) is 0 Å². The monoisotopic (exact) mass is 316 g/mol. The number of nitriles is 1. The van der Waals surface area contributed by atoms with E-state index >= 15 is 0 Å². The number of rotatable bonds is 2. The summed E-state index contributed by atoms with van der Waals surface area (Å²) in [6.45, 7) is 0. The number of fused-ring (bicyclic) bond motifs is 1. The second-order valence-electron chi connectivity index (χ2n) is 4.64. The van der Waals surface area contributed by atoms with E-state index in [4.69, 9.17) is 16.9 Å². The van der Waals surface area contributed by atoms with E-state index in [-0.39, 0.29) is 25.9 Å². The van der Waals surface area contributed by atoms with E-state index in [2.05, 4.69) is 11.1 Å². The predicted octanol–water partition coefficient (Wildman–Crippen LogP) is 4.77. The Morgan fingerprint density at radius 2 is 1.86 bits per heavy atom. The van der Waals surface area contributed by atoms with Crippen LogP contribution in [0.4, 0.5) is 0 Å². The summed E-state index contributed by atoms with van der Waals surface area (Å²) < 4.78 is 0. The molecule has 2 nitrogen and oxygen atoms in total. The van der Waals surface area contributed by atoms with Gasteiger partial charge in [-0.25, -0.2) is 4.98 Å². The molecule has 0 radical (unpaired) electrons. The molecule has 2 aromatic carbocycles. The minimum atomic E-state index is 0. The summed E-state index contributed by atoms with van der Waals surface area (Å²) in [5, 5.41) is 10.6. The molecule has 4 heteroatoms. The van der Waals surface area contributed by atoms with Crippen LogP contribution in [-0.4, -0.2) is 28.0 Å². The number of pyridine rings is 1. The molecule has 0 amide bonds. The Morgan fingerprint density at radius 3 is 2.68 bits per heavy atom. The van der Waals surface area contributed by atoms with Crippen LogP contribution < -0.4 is 0 Å². The molecule has 22 heavy (non-hydrogen) atoms. The maximum Gasteiger partial charge on any atom is 2.00 e. The van der Waals surface area contributed by atoms with Crippen LogP contribution in [0.2, 0.25) is 5.02 Å². The van der Waals surface area contributed by atoms with Gasteiger partial charge in [0.2, 0.25) is 0 Å². The predicted molar refractivity (Wildman–Crippen MR) is 94.8 cm³/mol. The van der Waals surface area contributed by atoms with Gasteiger partial charge in [0.15, 0.2) is 0 Å². The van der Waals surface area contributed by atoms with Crippen molar-refractivity contribution in [2.75, 3.05) is 0 Å². The molecule has 0 saturated carbocycles. The molecule has 0 atom stereocenters. The smallest absolute Gasteiger partial charge is 1.00 e. The van der Waals surface area contributed by atoms with Gasteiger partial charge in [0.05, 0.1) is 22.8 Å². The van der Waals surface area contributed by atoms with E-state index in [0.29, 0.717) is 10.6 Å². The second-order valence-corrected chi connectivity index (χ2v) is 5.08. The average molecular weight is 317 g/mol. The molecule has 1 heterocycles. The van der Waals surface area contributed by atoms with Crippen LogP contribution in [0.25, 0.3) is 23.1 Å². The van der Waals surface area contributed by atoms with Crippen molar-refractivity contribution < 1.29 is 2.85 Å². The van der Waals surface area contributed by atoms with Crippen LogP contribution in [-0.2, 0) is 0 Å². The van der Waals surface area contributed by atoms with Crippen molar-refractivity contribution in [3.05, 3.63) is 76.4 Å². The molecule has 0 fully saturated rings. The Balaban J connectivity index is 0.00000176. The first-order chi connectivity index (χ1) is 10.2. The fraction of sp³-hybridized carbons (Fsp3) is 0. The molecule has 0 aliphatic rings. The number of hydrogen-bond donors (Lipinski definition) is 0. The number of nitrogens with zero attached hydrogens (tertiary/aromatic N) is 2. The van der Waals surface area contributed by atoms with Gasteiger partial charge in [0, 0.05) is 10.4 Å². The molecule has 0 aliphatic heterocycles. The molecule has 104 valence electrons. The molecular formula is C18H13ClMgN2. The maximum atomic E-state index is 8.89. The Bertz CT molecular complexity index is 892. The zero-order chi connectivity index (χ0) is 14.7. The van der Waals surface area contributed by atoms with E-state index in [1.807, 2.05) is 60.7 Å². The molecule has 0 unspecified atom stereocenters. The third kappa shape index (κ3) is 3.86. The zero-order valence-corrected chi connectivity index (χ0v) is 14.0. The number of halogens is 1. The minimum absolute atomic E-state index is 0. The molecule has 1 aromatic heterocycles. The number of benzene rings is 2. The molecular weight excluding hydrogens is 304 g/mol. The molecule has 3 rings (SSSR count). The Hall–Kier alpha value is -1.86. The standard InChI is InChI=1S/C18H11ClN2.Mg.2H/c19-16-7-5-15-6-9-17(21-18(15)11-16)8-4-13-2-1-3-14(10-13)12-20;;;/h1-11H;;;/q;+2;2*-1/b8-4+;;;. The van der Waals surface area contributed by atoms with Crippen LogP contribution >= 0.6 is 11.6 Å². The summed E-state index contributed by atoms with van der Waals surface area (Å²) in [4.78, 5) is 4.56. The van der Waals surface area contributed by atoms with Gasteiger partial charge < -0.3 is 2.85 Å². The Labute approximate surface area is 153 Å². The fourth-order valence-corrected chi connectivity index (χ4v) is 2.26. The average Bonchev–Trinajstić information content (AvgIpc) is 2.52. The van der Waals surface area contributed by atoms with Gasteiger partial charge in [-0.3, -0.25) is 0 Å². The first-order valence-electron chi connectivity index (χ1n) is 6.49. The summed E-state index contributed by atoms with van der Waals surface area (Å²) in [5.41, 5.74) is 3.35. The summed E-state index contributed by atoms with van der Waals surface area (Å²) in [5.74, 6) is 0. The van der Waals surface area contributed by atoms with Crippen molar-refractivity contribution in [2.24, 2.45) is 0 Å². The topological polar surface area (TPSA) is 36.7 Å². The third-order valence-electron chi connectivity index (χ3n) is 3.14. The van der Waals surface area contributed by atoms with E-state index in [9.17, 15) is 0 Å². The SMILES string of the molecule is N#Cc1cccc(/C=C/c2ccc3ccc(Cl)cc3n2)c1.[H-].[H-].[Mg+2]. The fourth-order valence-electron chi connectivity index (χ4n) is 2.09. The van der Waals surface area contributed by atoms with Crippen LogP contribution in [0.1, 0.15) is 19.7 Å². The first-order valence-corrected chi connectivity index (χ1v) is 6.87. The van der Waals surface area contributed by atoms with E-state index in [1.165, 1.54) is 0 Å². The largest absolute Gasteiger partial charge is 2.00 e.